The van der Waals surface area contributed by atoms with Crippen molar-refractivity contribution >= 4 is 17.1 Å². The minimum atomic E-state index is -0.611. The monoisotopic (exact) mass is 301 g/mol. The summed E-state index contributed by atoms with van der Waals surface area (Å²) in [5.41, 5.74) is 1.62. The van der Waals surface area contributed by atoms with E-state index in [9.17, 15) is 14.0 Å². The normalized spacial score (nSPS) is 10.8. The zero-order chi connectivity index (χ0) is 15.5. The molecule has 0 atom stereocenters. The number of halogens is 1. The summed E-state index contributed by atoms with van der Waals surface area (Å²) in [6, 6.07) is 12.5. The molecule has 0 aliphatic heterocycles. The van der Waals surface area contributed by atoms with Crippen molar-refractivity contribution in [2.24, 2.45) is 0 Å². The van der Waals surface area contributed by atoms with E-state index in [4.69, 9.17) is 9.15 Å². The molecule has 6 heteroatoms. The van der Waals surface area contributed by atoms with Crippen LogP contribution in [0.15, 0.2) is 57.7 Å². The molecule has 0 amide bonds. The van der Waals surface area contributed by atoms with Gasteiger partial charge in [0.25, 0.3) is 0 Å². The number of oxazole rings is 1. The van der Waals surface area contributed by atoms with Crippen molar-refractivity contribution in [1.82, 2.24) is 4.57 Å². The second-order valence-corrected chi connectivity index (χ2v) is 4.71. The first-order valence-electron chi connectivity index (χ1n) is 6.62. The van der Waals surface area contributed by atoms with Gasteiger partial charge in [-0.15, -0.1) is 0 Å². The van der Waals surface area contributed by atoms with Gasteiger partial charge in [-0.05, 0) is 29.8 Å². The third-order valence-corrected chi connectivity index (χ3v) is 3.17. The van der Waals surface area contributed by atoms with Crippen molar-refractivity contribution in [2.45, 2.75) is 13.2 Å². The van der Waals surface area contributed by atoms with Gasteiger partial charge in [-0.2, -0.15) is 0 Å². The Morgan fingerprint density at radius 2 is 1.86 bits per heavy atom. The fourth-order valence-corrected chi connectivity index (χ4v) is 2.08. The molecule has 0 saturated carbocycles. The summed E-state index contributed by atoms with van der Waals surface area (Å²) in [6.45, 7) is -0.222. The molecule has 1 aromatic heterocycles. The largest absolute Gasteiger partial charge is 0.459 e. The first-order valence-corrected chi connectivity index (χ1v) is 6.62. The van der Waals surface area contributed by atoms with E-state index in [0.717, 1.165) is 0 Å². The number of hydrogen-bond donors (Lipinski definition) is 0. The molecule has 0 spiro atoms. The average molecular weight is 301 g/mol. The van der Waals surface area contributed by atoms with Crippen LogP contribution in [0.3, 0.4) is 0 Å². The lowest BCUT2D eigenvalue weighted by molar-refractivity contribution is -0.145. The lowest BCUT2D eigenvalue weighted by Gasteiger charge is -2.05. The highest BCUT2D eigenvalue weighted by atomic mass is 19.1. The van der Waals surface area contributed by atoms with Crippen LogP contribution in [0.5, 0.6) is 0 Å². The molecule has 0 bridgehead atoms. The van der Waals surface area contributed by atoms with Gasteiger partial charge in [0.1, 0.15) is 19.0 Å². The SMILES string of the molecule is O=C(Cn1c(=O)oc2ccccc21)OCc1ccc(F)cc1. The summed E-state index contributed by atoms with van der Waals surface area (Å²) in [6.07, 6.45) is 0. The Morgan fingerprint density at radius 1 is 1.14 bits per heavy atom. The number of esters is 1. The number of carbonyl (C=O) groups excluding carboxylic acids is 1. The maximum atomic E-state index is 12.8. The minimum absolute atomic E-state index is 0.0175. The first kappa shape index (κ1) is 14.1. The molecule has 1 heterocycles. The molecule has 22 heavy (non-hydrogen) atoms. The molecule has 3 aromatic rings. The molecular formula is C16H12FNO4. The Hall–Kier alpha value is -2.89. The lowest BCUT2D eigenvalue weighted by Crippen LogP contribution is -2.21. The van der Waals surface area contributed by atoms with Crippen LogP contribution in [-0.2, 0) is 22.7 Å². The molecule has 0 fully saturated rings. The average Bonchev–Trinajstić information content (AvgIpc) is 2.83. The summed E-state index contributed by atoms with van der Waals surface area (Å²) in [7, 11) is 0. The van der Waals surface area contributed by atoms with Gasteiger partial charge in [-0.25, -0.2) is 9.18 Å². The number of ether oxygens (including phenoxy) is 1. The lowest BCUT2D eigenvalue weighted by atomic mass is 10.2. The van der Waals surface area contributed by atoms with E-state index < -0.39 is 11.7 Å². The Kier molecular flexibility index (Phi) is 3.74. The maximum absolute atomic E-state index is 12.8. The van der Waals surface area contributed by atoms with Crippen molar-refractivity contribution in [3.8, 4) is 0 Å². The molecule has 0 saturated heterocycles. The van der Waals surface area contributed by atoms with E-state index in [0.29, 0.717) is 16.7 Å². The fourth-order valence-electron chi connectivity index (χ4n) is 2.08. The topological polar surface area (TPSA) is 61.4 Å². The van der Waals surface area contributed by atoms with Gasteiger partial charge >= 0.3 is 11.7 Å². The zero-order valence-corrected chi connectivity index (χ0v) is 11.5. The van der Waals surface area contributed by atoms with E-state index in [1.807, 2.05) is 0 Å². The van der Waals surface area contributed by atoms with Gasteiger partial charge in [0, 0.05) is 0 Å². The minimum Gasteiger partial charge on any atom is -0.459 e. The molecule has 2 aromatic carbocycles. The molecule has 3 rings (SSSR count). The number of benzene rings is 2. The molecule has 112 valence electrons. The second-order valence-electron chi connectivity index (χ2n) is 4.71. The quantitative estimate of drug-likeness (QED) is 0.695. The third-order valence-electron chi connectivity index (χ3n) is 3.17. The van der Waals surface area contributed by atoms with E-state index in [1.54, 1.807) is 24.3 Å². The highest BCUT2D eigenvalue weighted by Crippen LogP contribution is 2.12. The van der Waals surface area contributed by atoms with Crippen molar-refractivity contribution in [3.63, 3.8) is 0 Å². The van der Waals surface area contributed by atoms with E-state index in [2.05, 4.69) is 0 Å². The molecule has 0 aliphatic carbocycles. The van der Waals surface area contributed by atoms with E-state index in [-0.39, 0.29) is 19.0 Å². The van der Waals surface area contributed by atoms with Gasteiger partial charge in [0.2, 0.25) is 0 Å². The van der Waals surface area contributed by atoms with Crippen molar-refractivity contribution in [3.05, 3.63) is 70.5 Å². The Balaban J connectivity index is 1.69. The molecular weight excluding hydrogens is 289 g/mol. The van der Waals surface area contributed by atoms with Crippen LogP contribution in [-0.4, -0.2) is 10.5 Å². The number of aromatic nitrogens is 1. The number of hydrogen-bond acceptors (Lipinski definition) is 4. The Bertz CT molecular complexity index is 864. The second kappa shape index (κ2) is 5.85. The van der Waals surface area contributed by atoms with Crippen LogP contribution in [0.25, 0.3) is 11.1 Å². The molecule has 0 unspecified atom stereocenters. The van der Waals surface area contributed by atoms with Crippen molar-refractivity contribution in [2.75, 3.05) is 0 Å². The van der Waals surface area contributed by atoms with Gasteiger partial charge < -0.3 is 9.15 Å². The number of nitrogens with zero attached hydrogens (tertiary/aromatic N) is 1. The van der Waals surface area contributed by atoms with Gasteiger partial charge in [-0.1, -0.05) is 24.3 Å². The molecule has 0 aliphatic rings. The summed E-state index contributed by atoms with van der Waals surface area (Å²) >= 11 is 0. The standard InChI is InChI=1S/C16H12FNO4/c17-12-7-5-11(6-8-12)10-21-15(19)9-18-13-3-1-2-4-14(13)22-16(18)20/h1-8H,9-10H2. The maximum Gasteiger partial charge on any atom is 0.420 e. The molecule has 0 radical (unpaired) electrons. The smallest absolute Gasteiger partial charge is 0.420 e. The summed E-state index contributed by atoms with van der Waals surface area (Å²) in [5.74, 6) is -1.54. The zero-order valence-electron chi connectivity index (χ0n) is 11.5. The van der Waals surface area contributed by atoms with Gasteiger partial charge in [0.15, 0.2) is 5.58 Å². The van der Waals surface area contributed by atoms with Crippen LogP contribution < -0.4 is 5.76 Å². The highest BCUT2D eigenvalue weighted by molar-refractivity contribution is 5.76. The van der Waals surface area contributed by atoms with Crippen LogP contribution >= 0.6 is 0 Å². The number of para-hydroxylation sites is 2. The van der Waals surface area contributed by atoms with Crippen LogP contribution in [0.2, 0.25) is 0 Å². The summed E-state index contributed by atoms with van der Waals surface area (Å²) in [5, 5.41) is 0. The highest BCUT2D eigenvalue weighted by Gasteiger charge is 2.13. The van der Waals surface area contributed by atoms with Crippen molar-refractivity contribution < 1.29 is 18.3 Å². The fraction of sp³-hybridized carbons (Fsp3) is 0.125. The number of fused-ring (bicyclic) bond motifs is 1. The predicted molar refractivity (Wildman–Crippen MR) is 76.7 cm³/mol. The van der Waals surface area contributed by atoms with Crippen molar-refractivity contribution in [1.29, 1.82) is 0 Å². The molecule has 0 N–H and O–H groups in total. The predicted octanol–water partition coefficient (Wildman–Crippen LogP) is 2.48. The summed E-state index contributed by atoms with van der Waals surface area (Å²) in [4.78, 5) is 23.6. The van der Waals surface area contributed by atoms with Crippen LogP contribution in [0.1, 0.15) is 5.56 Å². The third kappa shape index (κ3) is 2.90. The Morgan fingerprint density at radius 3 is 2.64 bits per heavy atom. The number of carbonyl (C=O) groups is 1. The molecule has 5 nitrogen and oxygen atoms in total. The van der Waals surface area contributed by atoms with E-state index in [1.165, 1.54) is 28.8 Å². The summed E-state index contributed by atoms with van der Waals surface area (Å²) < 4.78 is 24.1. The Labute approximate surface area is 124 Å². The first-order chi connectivity index (χ1) is 10.6. The van der Waals surface area contributed by atoms with Crippen LogP contribution in [0, 0.1) is 5.82 Å². The van der Waals surface area contributed by atoms with Crippen LogP contribution in [0.4, 0.5) is 4.39 Å². The van der Waals surface area contributed by atoms with Gasteiger partial charge in [-0.3, -0.25) is 9.36 Å². The van der Waals surface area contributed by atoms with E-state index >= 15 is 0 Å². The van der Waals surface area contributed by atoms with Gasteiger partial charge in [0.05, 0.1) is 5.52 Å². The number of rotatable bonds is 4.